The molecule has 0 atom stereocenters. The third kappa shape index (κ3) is 1.54. The van der Waals surface area contributed by atoms with Gasteiger partial charge in [-0.15, -0.1) is 0 Å². The number of aromatic nitrogens is 1. The van der Waals surface area contributed by atoms with Crippen LogP contribution in [0, 0.1) is 6.92 Å². The maximum absolute atomic E-state index is 11.9. The molecule has 0 radical (unpaired) electrons. The molecule has 0 fully saturated rings. The minimum atomic E-state index is -0.359. The highest BCUT2D eigenvalue weighted by molar-refractivity contribution is 6.04. The van der Waals surface area contributed by atoms with E-state index in [0.717, 1.165) is 16.5 Å². The van der Waals surface area contributed by atoms with Gasteiger partial charge in [-0.2, -0.15) is 0 Å². The normalized spacial score (nSPS) is 11.0. The van der Waals surface area contributed by atoms with Crippen LogP contribution >= 0.6 is 0 Å². The SMILES string of the molecule is COc1ccc2c(c1)c(=O)oc1cc(C)ncc12. The average Bonchev–Trinajstić information content (AvgIpc) is 2.38. The zero-order valence-electron chi connectivity index (χ0n) is 10.1. The first kappa shape index (κ1) is 10.8. The Labute approximate surface area is 103 Å². The first-order chi connectivity index (χ1) is 8.69. The summed E-state index contributed by atoms with van der Waals surface area (Å²) in [5.74, 6) is 0.634. The number of benzene rings is 1. The van der Waals surface area contributed by atoms with Crippen LogP contribution in [-0.2, 0) is 0 Å². The molecule has 0 saturated heterocycles. The van der Waals surface area contributed by atoms with E-state index in [0.29, 0.717) is 16.7 Å². The number of rotatable bonds is 1. The van der Waals surface area contributed by atoms with Crippen molar-refractivity contribution in [2.75, 3.05) is 7.11 Å². The Morgan fingerprint density at radius 3 is 2.78 bits per heavy atom. The van der Waals surface area contributed by atoms with E-state index in [9.17, 15) is 4.79 Å². The summed E-state index contributed by atoms with van der Waals surface area (Å²) in [5, 5.41) is 2.17. The molecule has 0 aliphatic carbocycles. The van der Waals surface area contributed by atoms with Crippen molar-refractivity contribution in [2.24, 2.45) is 0 Å². The maximum atomic E-state index is 11.9. The van der Waals surface area contributed by atoms with Crippen LogP contribution in [0.1, 0.15) is 5.69 Å². The Hall–Kier alpha value is -2.36. The topological polar surface area (TPSA) is 52.3 Å². The predicted octanol–water partition coefficient (Wildman–Crippen LogP) is 2.66. The fraction of sp³-hybridized carbons (Fsp3) is 0.143. The summed E-state index contributed by atoms with van der Waals surface area (Å²) < 4.78 is 10.4. The van der Waals surface area contributed by atoms with Gasteiger partial charge in [-0.05, 0) is 25.1 Å². The molecule has 0 amide bonds. The quantitative estimate of drug-likeness (QED) is 0.614. The number of fused-ring (bicyclic) bond motifs is 3. The number of nitrogens with zero attached hydrogens (tertiary/aromatic N) is 1. The van der Waals surface area contributed by atoms with Crippen LogP contribution in [-0.4, -0.2) is 12.1 Å². The number of ether oxygens (including phenoxy) is 1. The van der Waals surface area contributed by atoms with Crippen LogP contribution in [0.5, 0.6) is 5.75 Å². The Morgan fingerprint density at radius 1 is 1.17 bits per heavy atom. The van der Waals surface area contributed by atoms with Crippen LogP contribution in [0.2, 0.25) is 0 Å². The molecule has 2 heterocycles. The van der Waals surface area contributed by atoms with E-state index in [1.54, 1.807) is 25.4 Å². The van der Waals surface area contributed by atoms with Gasteiger partial charge in [0.2, 0.25) is 0 Å². The molecular weight excluding hydrogens is 230 g/mol. The van der Waals surface area contributed by atoms with Crippen molar-refractivity contribution in [1.29, 1.82) is 0 Å². The summed E-state index contributed by atoms with van der Waals surface area (Å²) in [4.78, 5) is 16.2. The molecule has 1 aromatic carbocycles. The number of methoxy groups -OCH3 is 1. The monoisotopic (exact) mass is 241 g/mol. The van der Waals surface area contributed by atoms with E-state index in [4.69, 9.17) is 9.15 Å². The van der Waals surface area contributed by atoms with E-state index in [1.807, 2.05) is 19.1 Å². The van der Waals surface area contributed by atoms with Gasteiger partial charge in [0.15, 0.2) is 0 Å². The highest BCUT2D eigenvalue weighted by Gasteiger charge is 2.08. The first-order valence-electron chi connectivity index (χ1n) is 5.56. The number of aryl methyl sites for hydroxylation is 1. The standard InChI is InChI=1S/C14H11NO3/c1-8-5-13-12(7-15-8)10-4-3-9(17-2)6-11(10)14(16)18-13/h3-7H,1-2H3. The molecule has 4 heteroatoms. The van der Waals surface area contributed by atoms with Crippen LogP contribution < -0.4 is 10.4 Å². The van der Waals surface area contributed by atoms with E-state index in [1.165, 1.54) is 0 Å². The summed E-state index contributed by atoms with van der Waals surface area (Å²) in [6.45, 7) is 1.86. The Morgan fingerprint density at radius 2 is 2.00 bits per heavy atom. The van der Waals surface area contributed by atoms with Crippen molar-refractivity contribution >= 4 is 21.7 Å². The maximum Gasteiger partial charge on any atom is 0.344 e. The highest BCUT2D eigenvalue weighted by Crippen LogP contribution is 2.25. The minimum Gasteiger partial charge on any atom is -0.497 e. The summed E-state index contributed by atoms with van der Waals surface area (Å²) in [6, 6.07) is 7.12. The van der Waals surface area contributed by atoms with Crippen molar-refractivity contribution in [3.05, 3.63) is 46.6 Å². The molecule has 18 heavy (non-hydrogen) atoms. The lowest BCUT2D eigenvalue weighted by Gasteiger charge is -2.04. The number of pyridine rings is 1. The van der Waals surface area contributed by atoms with Gasteiger partial charge in [0.05, 0.1) is 12.5 Å². The van der Waals surface area contributed by atoms with Gasteiger partial charge in [-0.1, -0.05) is 0 Å². The predicted molar refractivity (Wildman–Crippen MR) is 69.1 cm³/mol. The summed E-state index contributed by atoms with van der Waals surface area (Å²) >= 11 is 0. The van der Waals surface area contributed by atoms with Gasteiger partial charge in [0.25, 0.3) is 0 Å². The van der Waals surface area contributed by atoms with Gasteiger partial charge in [0, 0.05) is 28.7 Å². The molecule has 0 bridgehead atoms. The molecule has 0 saturated carbocycles. The van der Waals surface area contributed by atoms with E-state index in [2.05, 4.69) is 4.98 Å². The van der Waals surface area contributed by atoms with Crippen molar-refractivity contribution in [1.82, 2.24) is 4.98 Å². The van der Waals surface area contributed by atoms with Gasteiger partial charge >= 0.3 is 5.63 Å². The molecule has 0 spiro atoms. The van der Waals surface area contributed by atoms with Crippen molar-refractivity contribution in [2.45, 2.75) is 6.92 Å². The van der Waals surface area contributed by atoms with Gasteiger partial charge in [-0.3, -0.25) is 4.98 Å². The molecule has 3 aromatic rings. The third-order valence-electron chi connectivity index (χ3n) is 2.94. The van der Waals surface area contributed by atoms with Crippen LogP contribution in [0.3, 0.4) is 0 Å². The second kappa shape index (κ2) is 3.84. The highest BCUT2D eigenvalue weighted by atomic mass is 16.5. The van der Waals surface area contributed by atoms with Crippen LogP contribution in [0.25, 0.3) is 21.7 Å². The zero-order valence-corrected chi connectivity index (χ0v) is 10.1. The van der Waals surface area contributed by atoms with Crippen LogP contribution in [0.4, 0.5) is 0 Å². The third-order valence-corrected chi connectivity index (χ3v) is 2.94. The molecule has 0 aliphatic rings. The largest absolute Gasteiger partial charge is 0.497 e. The molecule has 3 rings (SSSR count). The Bertz CT molecular complexity index is 805. The van der Waals surface area contributed by atoms with Crippen molar-refractivity contribution in [3.8, 4) is 5.75 Å². The van der Waals surface area contributed by atoms with Gasteiger partial charge in [0.1, 0.15) is 11.3 Å². The molecule has 0 N–H and O–H groups in total. The molecule has 0 aliphatic heterocycles. The summed E-state index contributed by atoms with van der Waals surface area (Å²) in [7, 11) is 1.56. The summed E-state index contributed by atoms with van der Waals surface area (Å²) in [5.41, 5.74) is 1.02. The fourth-order valence-corrected chi connectivity index (χ4v) is 2.03. The second-order valence-electron chi connectivity index (χ2n) is 4.12. The van der Waals surface area contributed by atoms with E-state index in [-0.39, 0.29) is 5.63 Å². The number of hydrogen-bond acceptors (Lipinski definition) is 4. The Balaban J connectivity index is 2.51. The molecular formula is C14H11NO3. The van der Waals surface area contributed by atoms with Gasteiger partial charge < -0.3 is 9.15 Å². The Kier molecular flexibility index (Phi) is 2.30. The van der Waals surface area contributed by atoms with Crippen LogP contribution in [0.15, 0.2) is 39.7 Å². The lowest BCUT2D eigenvalue weighted by molar-refractivity contribution is 0.415. The molecule has 2 aromatic heterocycles. The molecule has 0 unspecified atom stereocenters. The molecule has 4 nitrogen and oxygen atoms in total. The van der Waals surface area contributed by atoms with E-state index >= 15 is 0 Å². The van der Waals surface area contributed by atoms with E-state index < -0.39 is 0 Å². The fourth-order valence-electron chi connectivity index (χ4n) is 2.03. The number of hydrogen-bond donors (Lipinski definition) is 0. The van der Waals surface area contributed by atoms with Crippen molar-refractivity contribution in [3.63, 3.8) is 0 Å². The smallest absolute Gasteiger partial charge is 0.344 e. The second-order valence-corrected chi connectivity index (χ2v) is 4.12. The lowest BCUT2D eigenvalue weighted by Crippen LogP contribution is -2.00. The first-order valence-corrected chi connectivity index (χ1v) is 5.56. The zero-order chi connectivity index (χ0) is 12.7. The average molecular weight is 241 g/mol. The lowest BCUT2D eigenvalue weighted by atomic mass is 10.1. The molecule has 90 valence electrons. The van der Waals surface area contributed by atoms with Crippen molar-refractivity contribution < 1.29 is 9.15 Å². The summed E-state index contributed by atoms with van der Waals surface area (Å²) in [6.07, 6.45) is 1.72. The minimum absolute atomic E-state index is 0.359. The van der Waals surface area contributed by atoms with Gasteiger partial charge in [-0.25, -0.2) is 4.79 Å².